The van der Waals surface area contributed by atoms with E-state index in [-0.39, 0.29) is 25.0 Å². The fourth-order valence-corrected chi connectivity index (χ4v) is 6.02. The van der Waals surface area contributed by atoms with E-state index < -0.39 is 47.1 Å². The van der Waals surface area contributed by atoms with E-state index in [1.165, 1.54) is 4.90 Å². The van der Waals surface area contributed by atoms with Crippen LogP contribution in [0, 0.1) is 11.8 Å². The number of esters is 1. The van der Waals surface area contributed by atoms with Crippen LogP contribution in [0.1, 0.15) is 38.8 Å². The molecule has 2 saturated heterocycles. The maximum absolute atomic E-state index is 14.2. The van der Waals surface area contributed by atoms with Crippen LogP contribution in [0.4, 0.5) is 0 Å². The molecule has 1 aromatic carbocycles. The molecule has 0 aromatic heterocycles. The summed E-state index contributed by atoms with van der Waals surface area (Å²) in [6.45, 7) is 6.04. The Morgan fingerprint density at radius 1 is 1.11 bits per heavy atom. The minimum Gasteiger partial charge on any atom is -0.465 e. The maximum Gasteiger partial charge on any atom is 0.312 e. The first-order chi connectivity index (χ1) is 16.7. The lowest BCUT2D eigenvalue weighted by Gasteiger charge is -2.42. The van der Waals surface area contributed by atoms with E-state index in [0.717, 1.165) is 0 Å². The van der Waals surface area contributed by atoms with E-state index in [1.807, 2.05) is 69.3 Å². The van der Waals surface area contributed by atoms with Crippen molar-refractivity contribution < 1.29 is 29.0 Å². The molecule has 2 fully saturated rings. The molecule has 0 aliphatic carbocycles. The van der Waals surface area contributed by atoms with Gasteiger partial charge in [-0.25, -0.2) is 0 Å². The van der Waals surface area contributed by atoms with Gasteiger partial charge in [0.25, 0.3) is 0 Å². The molecule has 4 aliphatic rings. The number of hydrogen-bond donors (Lipinski definition) is 1. The SMILES string of the molecule is CC(C)(C)N1CC=C[C@]23O[C@@H]4C=CCCOC(=O)[C@@H]4[C@H]2C(=O)N([C@H](CO)c2ccccc2)C3C1=O. The van der Waals surface area contributed by atoms with Crippen molar-refractivity contribution in [2.24, 2.45) is 11.8 Å². The quantitative estimate of drug-likeness (QED) is 0.525. The highest BCUT2D eigenvalue weighted by molar-refractivity contribution is 5.99. The number of fused-ring (bicyclic) bond motifs is 2. The van der Waals surface area contributed by atoms with Crippen molar-refractivity contribution in [1.29, 1.82) is 0 Å². The van der Waals surface area contributed by atoms with Gasteiger partial charge in [-0.05, 0) is 32.8 Å². The standard InChI is InChI=1S/C27H32N2O6/c1-26(2,3)28-14-9-13-27-21(20-19(35-27)12-7-8-15-34-25(20)33)23(31)29(22(27)24(28)32)18(16-30)17-10-5-4-6-11-17/h4-7,9-13,18-22,30H,8,14-16H2,1-3H3/t18-,19-,20+,21+,22?,27+/m1/s1. The van der Waals surface area contributed by atoms with Crippen molar-refractivity contribution in [2.45, 2.75) is 56.5 Å². The zero-order valence-corrected chi connectivity index (χ0v) is 20.3. The number of benzene rings is 1. The second-order valence-electron chi connectivity index (χ2n) is 10.6. The van der Waals surface area contributed by atoms with Crippen molar-refractivity contribution in [1.82, 2.24) is 9.80 Å². The smallest absolute Gasteiger partial charge is 0.312 e. The van der Waals surface area contributed by atoms with Crippen LogP contribution in [-0.4, -0.2) is 75.7 Å². The molecule has 5 rings (SSSR count). The number of aliphatic hydroxyl groups excluding tert-OH is 1. The lowest BCUT2D eigenvalue weighted by Crippen LogP contribution is -2.59. The summed E-state index contributed by atoms with van der Waals surface area (Å²) in [6.07, 6.45) is 7.26. The molecule has 8 heteroatoms. The van der Waals surface area contributed by atoms with Gasteiger partial charge in [-0.15, -0.1) is 0 Å². The lowest BCUT2D eigenvalue weighted by atomic mass is 9.77. The lowest BCUT2D eigenvalue weighted by molar-refractivity contribution is -0.157. The first kappa shape index (κ1) is 23.8. The van der Waals surface area contributed by atoms with Crippen LogP contribution in [0.3, 0.4) is 0 Å². The molecule has 2 amide bonds. The number of carbonyl (C=O) groups is 3. The molecule has 35 heavy (non-hydrogen) atoms. The molecule has 0 bridgehead atoms. The van der Waals surface area contributed by atoms with Gasteiger partial charge in [0.1, 0.15) is 17.6 Å². The third-order valence-corrected chi connectivity index (χ3v) is 7.56. The third-order valence-electron chi connectivity index (χ3n) is 7.56. The first-order valence-corrected chi connectivity index (χ1v) is 12.2. The van der Waals surface area contributed by atoms with Crippen molar-refractivity contribution in [3.8, 4) is 0 Å². The Labute approximate surface area is 205 Å². The fraction of sp³-hybridized carbons (Fsp3) is 0.519. The van der Waals surface area contributed by atoms with Gasteiger partial charge in [0.2, 0.25) is 11.8 Å². The molecule has 1 aromatic rings. The average Bonchev–Trinajstić information content (AvgIpc) is 3.18. The van der Waals surface area contributed by atoms with Crippen LogP contribution in [0.25, 0.3) is 0 Å². The highest BCUT2D eigenvalue weighted by atomic mass is 16.6. The Bertz CT molecular complexity index is 1080. The minimum absolute atomic E-state index is 0.232. The second-order valence-corrected chi connectivity index (χ2v) is 10.6. The fourth-order valence-electron chi connectivity index (χ4n) is 6.02. The van der Waals surface area contributed by atoms with E-state index in [9.17, 15) is 19.5 Å². The molecule has 1 unspecified atom stereocenters. The number of cyclic esters (lactones) is 1. The van der Waals surface area contributed by atoms with Crippen LogP contribution in [-0.2, 0) is 23.9 Å². The van der Waals surface area contributed by atoms with Gasteiger partial charge in [-0.1, -0.05) is 54.6 Å². The van der Waals surface area contributed by atoms with Gasteiger partial charge in [0, 0.05) is 12.1 Å². The van der Waals surface area contributed by atoms with Gasteiger partial charge < -0.3 is 24.4 Å². The minimum atomic E-state index is -1.35. The van der Waals surface area contributed by atoms with E-state index in [0.29, 0.717) is 18.5 Å². The van der Waals surface area contributed by atoms with Crippen molar-refractivity contribution in [2.75, 3.05) is 19.8 Å². The Hall–Kier alpha value is -2.97. The highest BCUT2D eigenvalue weighted by Gasteiger charge is 2.72. The summed E-state index contributed by atoms with van der Waals surface area (Å²) in [5, 5.41) is 10.5. The van der Waals surface area contributed by atoms with Crippen LogP contribution < -0.4 is 0 Å². The zero-order chi connectivity index (χ0) is 25.0. The molecule has 1 N–H and O–H groups in total. The van der Waals surface area contributed by atoms with Gasteiger partial charge in [0.15, 0.2) is 0 Å². The van der Waals surface area contributed by atoms with Crippen molar-refractivity contribution in [3.63, 3.8) is 0 Å². The van der Waals surface area contributed by atoms with Gasteiger partial charge in [0.05, 0.1) is 31.3 Å². The first-order valence-electron chi connectivity index (χ1n) is 12.2. The molecule has 6 atom stereocenters. The second kappa shape index (κ2) is 8.60. The monoisotopic (exact) mass is 480 g/mol. The van der Waals surface area contributed by atoms with Crippen molar-refractivity contribution in [3.05, 3.63) is 60.2 Å². The summed E-state index contributed by atoms with van der Waals surface area (Å²) < 4.78 is 12.0. The molecular formula is C27H32N2O6. The summed E-state index contributed by atoms with van der Waals surface area (Å²) in [5.74, 6) is -2.96. The number of amides is 2. The summed E-state index contributed by atoms with van der Waals surface area (Å²) in [7, 11) is 0. The third kappa shape index (κ3) is 3.62. The maximum atomic E-state index is 14.2. The van der Waals surface area contributed by atoms with Gasteiger partial charge >= 0.3 is 5.97 Å². The van der Waals surface area contributed by atoms with Gasteiger partial charge in [-0.2, -0.15) is 0 Å². The van der Waals surface area contributed by atoms with Gasteiger partial charge in [-0.3, -0.25) is 14.4 Å². The largest absolute Gasteiger partial charge is 0.465 e. The molecule has 8 nitrogen and oxygen atoms in total. The topological polar surface area (TPSA) is 96.4 Å². The van der Waals surface area contributed by atoms with E-state index in [2.05, 4.69) is 0 Å². The number of hydrogen-bond acceptors (Lipinski definition) is 6. The van der Waals surface area contributed by atoms with E-state index in [1.54, 1.807) is 11.0 Å². The zero-order valence-electron chi connectivity index (χ0n) is 20.3. The van der Waals surface area contributed by atoms with Crippen LogP contribution in [0.2, 0.25) is 0 Å². The summed E-state index contributed by atoms with van der Waals surface area (Å²) in [5.41, 5.74) is -1.15. The molecule has 4 aliphatic heterocycles. The summed E-state index contributed by atoms with van der Waals surface area (Å²) in [4.78, 5) is 44.8. The van der Waals surface area contributed by atoms with E-state index >= 15 is 0 Å². The van der Waals surface area contributed by atoms with Crippen LogP contribution >= 0.6 is 0 Å². The number of nitrogens with zero attached hydrogens (tertiary/aromatic N) is 2. The normalized spacial score (nSPS) is 33.4. The number of ether oxygens (including phenoxy) is 2. The molecule has 1 spiro atoms. The molecule has 186 valence electrons. The van der Waals surface area contributed by atoms with Crippen LogP contribution in [0.15, 0.2) is 54.6 Å². The molecule has 0 saturated carbocycles. The Kier molecular flexibility index (Phi) is 5.84. The Morgan fingerprint density at radius 3 is 2.54 bits per heavy atom. The number of carbonyl (C=O) groups excluding carboxylic acids is 3. The number of aliphatic hydroxyl groups is 1. The predicted molar refractivity (Wildman–Crippen MR) is 127 cm³/mol. The van der Waals surface area contributed by atoms with Crippen molar-refractivity contribution >= 4 is 17.8 Å². The van der Waals surface area contributed by atoms with E-state index in [4.69, 9.17) is 9.47 Å². The average molecular weight is 481 g/mol. The summed E-state index contributed by atoms with van der Waals surface area (Å²) in [6, 6.07) is 7.35. The Balaban J connectivity index is 1.69. The highest BCUT2D eigenvalue weighted by Crippen LogP contribution is 2.55. The number of likely N-dealkylation sites (tertiary alicyclic amines) is 1. The summed E-state index contributed by atoms with van der Waals surface area (Å²) >= 11 is 0. The number of rotatable bonds is 3. The molecule has 0 radical (unpaired) electrons. The Morgan fingerprint density at radius 2 is 1.86 bits per heavy atom. The van der Waals surface area contributed by atoms with Crippen LogP contribution in [0.5, 0.6) is 0 Å². The molecular weight excluding hydrogens is 448 g/mol. The predicted octanol–water partition coefficient (Wildman–Crippen LogP) is 2.00. The molecule has 4 heterocycles.